The lowest BCUT2D eigenvalue weighted by Gasteiger charge is -2.14. The highest BCUT2D eigenvalue weighted by molar-refractivity contribution is 5.81. The fraction of sp³-hybridized carbons (Fsp3) is 0.733. The van der Waals surface area contributed by atoms with Crippen LogP contribution in [0.15, 0.2) is 6.07 Å². The van der Waals surface area contributed by atoms with Crippen LogP contribution in [-0.4, -0.2) is 34.8 Å². The highest BCUT2D eigenvalue weighted by atomic mass is 16.2. The van der Waals surface area contributed by atoms with E-state index >= 15 is 0 Å². The SMILES string of the molecule is CCCCNC(=O)C(C)NCCCn1nc(C)cc1C. The van der Waals surface area contributed by atoms with Crippen molar-refractivity contribution in [2.75, 3.05) is 13.1 Å². The molecule has 0 bridgehead atoms. The minimum atomic E-state index is -0.132. The van der Waals surface area contributed by atoms with Crippen LogP contribution < -0.4 is 10.6 Å². The maximum absolute atomic E-state index is 11.7. The predicted molar refractivity (Wildman–Crippen MR) is 81.7 cm³/mol. The van der Waals surface area contributed by atoms with E-state index in [0.29, 0.717) is 0 Å². The Labute approximate surface area is 122 Å². The number of carbonyl (C=O) groups excluding carboxylic acids is 1. The van der Waals surface area contributed by atoms with Crippen molar-refractivity contribution in [3.05, 3.63) is 17.5 Å². The predicted octanol–water partition coefficient (Wildman–Crippen LogP) is 1.78. The minimum Gasteiger partial charge on any atom is -0.355 e. The molecule has 1 heterocycles. The Morgan fingerprint density at radius 1 is 1.35 bits per heavy atom. The number of carbonyl (C=O) groups is 1. The van der Waals surface area contributed by atoms with Crippen molar-refractivity contribution in [2.45, 2.75) is 59.5 Å². The number of rotatable bonds is 9. The van der Waals surface area contributed by atoms with E-state index in [0.717, 1.165) is 44.6 Å². The summed E-state index contributed by atoms with van der Waals surface area (Å²) in [6, 6.07) is 1.95. The van der Waals surface area contributed by atoms with Crippen LogP contribution in [0.3, 0.4) is 0 Å². The number of nitrogens with one attached hydrogen (secondary N) is 2. The lowest BCUT2D eigenvalue weighted by atomic mass is 10.2. The number of nitrogens with zero attached hydrogens (tertiary/aromatic N) is 2. The first kappa shape index (κ1) is 16.7. The summed E-state index contributed by atoms with van der Waals surface area (Å²) in [5.41, 5.74) is 2.24. The molecular weight excluding hydrogens is 252 g/mol. The van der Waals surface area contributed by atoms with Gasteiger partial charge < -0.3 is 10.6 Å². The van der Waals surface area contributed by atoms with E-state index in [1.165, 1.54) is 5.69 Å². The largest absolute Gasteiger partial charge is 0.355 e. The third-order valence-electron chi connectivity index (χ3n) is 3.32. The molecular formula is C15H28N4O. The maximum Gasteiger partial charge on any atom is 0.236 e. The zero-order valence-electron chi connectivity index (χ0n) is 13.2. The second-order valence-corrected chi connectivity index (χ2v) is 5.32. The van der Waals surface area contributed by atoms with Gasteiger partial charge in [0.2, 0.25) is 5.91 Å². The molecule has 5 heteroatoms. The molecule has 0 fully saturated rings. The summed E-state index contributed by atoms with van der Waals surface area (Å²) < 4.78 is 2.02. The second-order valence-electron chi connectivity index (χ2n) is 5.32. The van der Waals surface area contributed by atoms with Crippen molar-refractivity contribution < 1.29 is 4.79 Å². The van der Waals surface area contributed by atoms with E-state index in [2.05, 4.69) is 35.6 Å². The van der Waals surface area contributed by atoms with Gasteiger partial charge in [0.1, 0.15) is 0 Å². The molecule has 1 atom stereocenters. The molecule has 114 valence electrons. The Morgan fingerprint density at radius 3 is 2.70 bits per heavy atom. The molecule has 0 saturated heterocycles. The van der Waals surface area contributed by atoms with Gasteiger partial charge in [0.05, 0.1) is 11.7 Å². The van der Waals surface area contributed by atoms with E-state index in [-0.39, 0.29) is 11.9 Å². The molecule has 5 nitrogen and oxygen atoms in total. The Morgan fingerprint density at radius 2 is 2.10 bits per heavy atom. The Hall–Kier alpha value is -1.36. The van der Waals surface area contributed by atoms with E-state index < -0.39 is 0 Å². The fourth-order valence-corrected chi connectivity index (χ4v) is 2.08. The summed E-state index contributed by atoms with van der Waals surface area (Å²) in [7, 11) is 0. The van der Waals surface area contributed by atoms with Crippen molar-refractivity contribution in [1.82, 2.24) is 20.4 Å². The first-order chi connectivity index (χ1) is 9.54. The van der Waals surface area contributed by atoms with Gasteiger partial charge in [-0.25, -0.2) is 0 Å². The molecule has 1 amide bonds. The van der Waals surface area contributed by atoms with Gasteiger partial charge in [-0.3, -0.25) is 9.48 Å². The number of aromatic nitrogens is 2. The molecule has 0 spiro atoms. The molecule has 0 aromatic carbocycles. The van der Waals surface area contributed by atoms with E-state index in [1.54, 1.807) is 0 Å². The Kier molecular flexibility index (Phi) is 7.30. The van der Waals surface area contributed by atoms with Crippen LogP contribution in [0.4, 0.5) is 0 Å². The lowest BCUT2D eigenvalue weighted by Crippen LogP contribution is -2.42. The van der Waals surface area contributed by atoms with Crippen LogP contribution in [0.5, 0.6) is 0 Å². The van der Waals surface area contributed by atoms with Crippen molar-refractivity contribution >= 4 is 5.91 Å². The summed E-state index contributed by atoms with van der Waals surface area (Å²) >= 11 is 0. The average Bonchev–Trinajstić information content (AvgIpc) is 2.73. The van der Waals surface area contributed by atoms with Crippen LogP contribution >= 0.6 is 0 Å². The van der Waals surface area contributed by atoms with Crippen molar-refractivity contribution in [2.24, 2.45) is 0 Å². The molecule has 0 aliphatic rings. The highest BCUT2D eigenvalue weighted by Gasteiger charge is 2.10. The molecule has 20 heavy (non-hydrogen) atoms. The molecule has 0 aliphatic carbocycles. The van der Waals surface area contributed by atoms with Gasteiger partial charge in [0, 0.05) is 18.8 Å². The lowest BCUT2D eigenvalue weighted by molar-refractivity contribution is -0.122. The number of unbranched alkanes of at least 4 members (excludes halogenated alkanes) is 1. The van der Waals surface area contributed by atoms with E-state index in [9.17, 15) is 4.79 Å². The van der Waals surface area contributed by atoms with Gasteiger partial charge >= 0.3 is 0 Å². The molecule has 1 aromatic heterocycles. The van der Waals surface area contributed by atoms with Crippen molar-refractivity contribution in [3.8, 4) is 0 Å². The molecule has 0 aliphatic heterocycles. The first-order valence-electron chi connectivity index (χ1n) is 7.56. The van der Waals surface area contributed by atoms with Gasteiger partial charge in [-0.05, 0) is 46.2 Å². The highest BCUT2D eigenvalue weighted by Crippen LogP contribution is 2.02. The number of hydrogen-bond donors (Lipinski definition) is 2. The van der Waals surface area contributed by atoms with Gasteiger partial charge in [-0.1, -0.05) is 13.3 Å². The topological polar surface area (TPSA) is 59.0 Å². The normalized spacial score (nSPS) is 12.4. The van der Waals surface area contributed by atoms with Gasteiger partial charge in [0.15, 0.2) is 0 Å². The molecule has 1 aromatic rings. The minimum absolute atomic E-state index is 0.0876. The third kappa shape index (κ3) is 5.74. The number of amides is 1. The summed E-state index contributed by atoms with van der Waals surface area (Å²) in [6.45, 7) is 10.6. The summed E-state index contributed by atoms with van der Waals surface area (Å²) in [5, 5.41) is 10.6. The van der Waals surface area contributed by atoms with Crippen LogP contribution in [0, 0.1) is 13.8 Å². The van der Waals surface area contributed by atoms with E-state index in [4.69, 9.17) is 0 Å². The molecule has 0 saturated carbocycles. The smallest absolute Gasteiger partial charge is 0.236 e. The zero-order valence-corrected chi connectivity index (χ0v) is 13.2. The Balaban J connectivity index is 2.17. The summed E-state index contributed by atoms with van der Waals surface area (Å²) in [5.74, 6) is 0.0876. The van der Waals surface area contributed by atoms with Crippen LogP contribution in [0.1, 0.15) is 44.5 Å². The summed E-state index contributed by atoms with van der Waals surface area (Å²) in [6.07, 6.45) is 3.11. The molecule has 2 N–H and O–H groups in total. The molecule has 1 unspecified atom stereocenters. The maximum atomic E-state index is 11.7. The van der Waals surface area contributed by atoms with Crippen LogP contribution in [0.2, 0.25) is 0 Å². The molecule has 0 radical (unpaired) electrons. The zero-order chi connectivity index (χ0) is 15.0. The number of hydrogen-bond acceptors (Lipinski definition) is 3. The van der Waals surface area contributed by atoms with Gasteiger partial charge in [-0.2, -0.15) is 5.10 Å². The van der Waals surface area contributed by atoms with E-state index in [1.807, 2.05) is 18.5 Å². The molecule has 1 rings (SSSR count). The average molecular weight is 280 g/mol. The second kappa shape index (κ2) is 8.74. The summed E-state index contributed by atoms with van der Waals surface area (Å²) in [4.78, 5) is 11.7. The van der Waals surface area contributed by atoms with Crippen molar-refractivity contribution in [1.29, 1.82) is 0 Å². The van der Waals surface area contributed by atoms with Crippen LogP contribution in [0.25, 0.3) is 0 Å². The standard InChI is InChI=1S/C15H28N4O/c1-5-6-8-17-15(20)14(4)16-9-7-10-19-13(3)11-12(2)18-19/h11,14,16H,5-10H2,1-4H3,(H,17,20). The monoisotopic (exact) mass is 280 g/mol. The fourth-order valence-electron chi connectivity index (χ4n) is 2.08. The Bertz CT molecular complexity index is 414. The van der Waals surface area contributed by atoms with Gasteiger partial charge in [-0.15, -0.1) is 0 Å². The van der Waals surface area contributed by atoms with Crippen molar-refractivity contribution in [3.63, 3.8) is 0 Å². The third-order valence-corrected chi connectivity index (χ3v) is 3.32. The van der Waals surface area contributed by atoms with Gasteiger partial charge in [0.25, 0.3) is 0 Å². The first-order valence-corrected chi connectivity index (χ1v) is 7.56. The quantitative estimate of drug-likeness (QED) is 0.678. The van der Waals surface area contributed by atoms with Crippen LogP contribution in [-0.2, 0) is 11.3 Å². The number of aryl methyl sites for hydroxylation is 3.